The van der Waals surface area contributed by atoms with Gasteiger partial charge in [-0.15, -0.1) is 0 Å². The molecule has 1 unspecified atom stereocenters. The fraction of sp³-hybridized carbons (Fsp3) is 0.900. The predicted molar refractivity (Wildman–Crippen MR) is 53.1 cm³/mol. The Bertz CT molecular complexity index is 197. The highest BCUT2D eigenvalue weighted by Gasteiger charge is 2.29. The largest absolute Gasteiger partial charge is 0.326 e. The fourth-order valence-electron chi connectivity index (χ4n) is 2.04. The molecular weight excluding hydrogens is 162 g/mol. The minimum atomic E-state index is 0.0568. The van der Waals surface area contributed by atoms with Crippen LogP contribution in [0.4, 0.5) is 0 Å². The van der Waals surface area contributed by atoms with Gasteiger partial charge in [-0.3, -0.25) is 4.90 Å². The van der Waals surface area contributed by atoms with Crippen molar-refractivity contribution in [3.8, 4) is 6.07 Å². The number of piperidine rings is 1. The molecule has 3 nitrogen and oxygen atoms in total. The van der Waals surface area contributed by atoms with Crippen molar-refractivity contribution < 1.29 is 0 Å². The third-order valence-corrected chi connectivity index (χ3v) is 3.03. The lowest BCUT2D eigenvalue weighted by Crippen LogP contribution is -2.53. The molecule has 1 fully saturated rings. The first-order chi connectivity index (χ1) is 6.20. The van der Waals surface area contributed by atoms with E-state index in [2.05, 4.69) is 24.8 Å². The summed E-state index contributed by atoms with van der Waals surface area (Å²) in [6.07, 6.45) is 3.12. The van der Waals surface area contributed by atoms with Gasteiger partial charge in [0.05, 0.1) is 12.1 Å². The van der Waals surface area contributed by atoms with Crippen LogP contribution in [0.1, 0.15) is 33.1 Å². The number of nitriles is 1. The van der Waals surface area contributed by atoms with Crippen molar-refractivity contribution in [2.24, 2.45) is 5.73 Å². The van der Waals surface area contributed by atoms with Crippen molar-refractivity contribution >= 4 is 0 Å². The standard InChI is InChI=1S/C10H19N3/c1-3-9(7-11)13-6-4-5-10(12)8(13)2/h8-10H,3-6,12H2,1-2H3/t8-,9?,10-/m1/s1. The molecule has 0 saturated carbocycles. The van der Waals surface area contributed by atoms with Gasteiger partial charge >= 0.3 is 0 Å². The zero-order valence-electron chi connectivity index (χ0n) is 8.53. The lowest BCUT2D eigenvalue weighted by molar-refractivity contribution is 0.112. The Kier molecular flexibility index (Phi) is 3.71. The minimum Gasteiger partial charge on any atom is -0.326 e. The van der Waals surface area contributed by atoms with Crippen molar-refractivity contribution in [3.63, 3.8) is 0 Å². The summed E-state index contributed by atoms with van der Waals surface area (Å²) in [4.78, 5) is 2.24. The van der Waals surface area contributed by atoms with E-state index in [0.29, 0.717) is 6.04 Å². The zero-order chi connectivity index (χ0) is 9.84. The lowest BCUT2D eigenvalue weighted by atomic mass is 9.96. The highest BCUT2D eigenvalue weighted by molar-refractivity contribution is 4.96. The van der Waals surface area contributed by atoms with E-state index < -0.39 is 0 Å². The molecule has 13 heavy (non-hydrogen) atoms. The molecule has 0 bridgehead atoms. The fourth-order valence-corrected chi connectivity index (χ4v) is 2.04. The number of hydrogen-bond donors (Lipinski definition) is 1. The molecular formula is C10H19N3. The molecule has 0 spiro atoms. The quantitative estimate of drug-likeness (QED) is 0.694. The number of likely N-dealkylation sites (tertiary alicyclic amines) is 1. The Morgan fingerprint density at radius 1 is 1.69 bits per heavy atom. The maximum absolute atomic E-state index is 8.95. The molecule has 1 aliphatic heterocycles. The van der Waals surface area contributed by atoms with Crippen LogP contribution in [0.15, 0.2) is 0 Å². The summed E-state index contributed by atoms with van der Waals surface area (Å²) in [7, 11) is 0. The maximum atomic E-state index is 8.95. The molecule has 2 N–H and O–H groups in total. The highest BCUT2D eigenvalue weighted by atomic mass is 15.2. The van der Waals surface area contributed by atoms with Crippen LogP contribution in [-0.2, 0) is 0 Å². The molecule has 0 aliphatic carbocycles. The Labute approximate surface area is 80.5 Å². The van der Waals surface area contributed by atoms with Gasteiger partial charge in [-0.05, 0) is 32.7 Å². The second-order valence-corrected chi connectivity index (χ2v) is 3.84. The van der Waals surface area contributed by atoms with E-state index >= 15 is 0 Å². The maximum Gasteiger partial charge on any atom is 0.0978 e. The van der Waals surface area contributed by atoms with Crippen LogP contribution in [0.2, 0.25) is 0 Å². The predicted octanol–water partition coefficient (Wildman–Crippen LogP) is 1.10. The van der Waals surface area contributed by atoms with Crippen molar-refractivity contribution in [1.82, 2.24) is 4.90 Å². The Hall–Kier alpha value is -0.590. The third-order valence-electron chi connectivity index (χ3n) is 3.03. The summed E-state index contributed by atoms with van der Waals surface area (Å²) in [5.41, 5.74) is 5.96. The van der Waals surface area contributed by atoms with Crippen LogP contribution < -0.4 is 5.73 Å². The van der Waals surface area contributed by atoms with Gasteiger partial charge in [0.2, 0.25) is 0 Å². The molecule has 0 radical (unpaired) electrons. The van der Waals surface area contributed by atoms with Gasteiger partial charge in [-0.25, -0.2) is 0 Å². The molecule has 1 saturated heterocycles. The number of rotatable bonds is 2. The van der Waals surface area contributed by atoms with Crippen molar-refractivity contribution in [1.29, 1.82) is 5.26 Å². The molecule has 1 rings (SSSR count). The van der Waals surface area contributed by atoms with E-state index in [1.807, 2.05) is 0 Å². The van der Waals surface area contributed by atoms with Crippen LogP contribution in [-0.4, -0.2) is 29.6 Å². The van der Waals surface area contributed by atoms with Crippen LogP contribution in [0.5, 0.6) is 0 Å². The van der Waals surface area contributed by atoms with Gasteiger partial charge in [-0.2, -0.15) is 5.26 Å². The molecule has 1 heterocycles. The van der Waals surface area contributed by atoms with Crippen molar-refractivity contribution in [2.45, 2.75) is 51.2 Å². The summed E-state index contributed by atoms with van der Waals surface area (Å²) in [5.74, 6) is 0. The molecule has 0 aromatic rings. The van der Waals surface area contributed by atoms with E-state index in [-0.39, 0.29) is 12.1 Å². The summed E-state index contributed by atoms with van der Waals surface area (Å²) in [6, 6.07) is 3.01. The van der Waals surface area contributed by atoms with E-state index in [1.54, 1.807) is 0 Å². The van der Waals surface area contributed by atoms with Crippen LogP contribution in [0, 0.1) is 11.3 Å². The topological polar surface area (TPSA) is 53.0 Å². The monoisotopic (exact) mass is 181 g/mol. The third kappa shape index (κ3) is 2.20. The first kappa shape index (κ1) is 10.5. The van der Waals surface area contributed by atoms with Crippen molar-refractivity contribution in [2.75, 3.05) is 6.54 Å². The van der Waals surface area contributed by atoms with Gasteiger partial charge in [-0.1, -0.05) is 6.92 Å². The molecule has 74 valence electrons. The average molecular weight is 181 g/mol. The van der Waals surface area contributed by atoms with Crippen LogP contribution in [0.25, 0.3) is 0 Å². The first-order valence-electron chi connectivity index (χ1n) is 5.11. The molecule has 1 aliphatic rings. The number of hydrogen-bond acceptors (Lipinski definition) is 3. The number of nitrogens with two attached hydrogens (primary N) is 1. The second-order valence-electron chi connectivity index (χ2n) is 3.84. The lowest BCUT2D eigenvalue weighted by Gasteiger charge is -2.39. The van der Waals surface area contributed by atoms with Crippen molar-refractivity contribution in [3.05, 3.63) is 0 Å². The average Bonchev–Trinajstić information content (AvgIpc) is 2.14. The zero-order valence-corrected chi connectivity index (χ0v) is 8.53. The van der Waals surface area contributed by atoms with E-state index in [9.17, 15) is 0 Å². The van der Waals surface area contributed by atoms with Crippen LogP contribution >= 0.6 is 0 Å². The summed E-state index contributed by atoms with van der Waals surface area (Å²) >= 11 is 0. The van der Waals surface area contributed by atoms with E-state index in [1.165, 1.54) is 0 Å². The molecule has 0 aromatic carbocycles. The van der Waals surface area contributed by atoms with Gasteiger partial charge in [0, 0.05) is 12.1 Å². The summed E-state index contributed by atoms with van der Waals surface area (Å²) in [6.45, 7) is 5.21. The minimum absolute atomic E-state index is 0.0568. The first-order valence-corrected chi connectivity index (χ1v) is 5.11. The summed E-state index contributed by atoms with van der Waals surface area (Å²) < 4.78 is 0. The molecule has 0 amide bonds. The molecule has 0 aromatic heterocycles. The van der Waals surface area contributed by atoms with Gasteiger partial charge < -0.3 is 5.73 Å². The molecule has 3 heteroatoms. The van der Waals surface area contributed by atoms with Gasteiger partial charge in [0.1, 0.15) is 0 Å². The Morgan fingerprint density at radius 3 is 2.92 bits per heavy atom. The smallest absolute Gasteiger partial charge is 0.0978 e. The Morgan fingerprint density at radius 2 is 2.38 bits per heavy atom. The van der Waals surface area contributed by atoms with Gasteiger partial charge in [0.15, 0.2) is 0 Å². The highest BCUT2D eigenvalue weighted by Crippen LogP contribution is 2.19. The second kappa shape index (κ2) is 4.59. The van der Waals surface area contributed by atoms with E-state index in [4.69, 9.17) is 11.0 Å². The van der Waals surface area contributed by atoms with Crippen LogP contribution in [0.3, 0.4) is 0 Å². The van der Waals surface area contributed by atoms with Gasteiger partial charge in [0.25, 0.3) is 0 Å². The normalized spacial score (nSPS) is 32.5. The van der Waals surface area contributed by atoms with E-state index in [0.717, 1.165) is 25.8 Å². The number of nitrogens with zero attached hydrogens (tertiary/aromatic N) is 2. The Balaban J connectivity index is 2.62. The molecule has 3 atom stereocenters. The SMILES string of the molecule is CCC(C#N)N1CCC[C@@H](N)[C@H]1C. The summed E-state index contributed by atoms with van der Waals surface area (Å²) in [5, 5.41) is 8.95.